The second-order valence-corrected chi connectivity index (χ2v) is 12.1. The summed E-state index contributed by atoms with van der Waals surface area (Å²) in [6.07, 6.45) is 4.24. The maximum atomic E-state index is 13.2. The van der Waals surface area contributed by atoms with E-state index in [1.165, 1.54) is 0 Å². The summed E-state index contributed by atoms with van der Waals surface area (Å²) >= 11 is 0. The van der Waals surface area contributed by atoms with Crippen LogP contribution in [-0.4, -0.2) is 69.3 Å². The van der Waals surface area contributed by atoms with Crippen LogP contribution in [0.3, 0.4) is 0 Å². The second kappa shape index (κ2) is 15.2. The van der Waals surface area contributed by atoms with Crippen molar-refractivity contribution in [2.75, 3.05) is 34.0 Å². The Morgan fingerprint density at radius 1 is 1.13 bits per heavy atom. The van der Waals surface area contributed by atoms with E-state index >= 15 is 0 Å². The molecule has 1 amide bonds. The molecule has 8 nitrogen and oxygen atoms in total. The van der Waals surface area contributed by atoms with E-state index in [1.54, 1.807) is 14.2 Å². The molecule has 3 rings (SSSR count). The molecule has 6 unspecified atom stereocenters. The molecule has 2 fully saturated rings. The summed E-state index contributed by atoms with van der Waals surface area (Å²) in [5.74, 6) is 2.35. The molecule has 1 aromatic rings. The lowest BCUT2D eigenvalue weighted by Crippen LogP contribution is -2.43. The van der Waals surface area contributed by atoms with E-state index in [2.05, 4.69) is 25.2 Å². The van der Waals surface area contributed by atoms with Gasteiger partial charge in [-0.05, 0) is 67.6 Å². The van der Waals surface area contributed by atoms with Gasteiger partial charge in [0.05, 0.1) is 32.0 Å². The summed E-state index contributed by atoms with van der Waals surface area (Å²) in [4.78, 5) is 13.2. The molecular weight excluding hydrogens is 496 g/mol. The van der Waals surface area contributed by atoms with Gasteiger partial charge in [0.15, 0.2) is 11.5 Å². The van der Waals surface area contributed by atoms with E-state index in [4.69, 9.17) is 24.7 Å². The molecule has 1 aliphatic heterocycles. The van der Waals surface area contributed by atoms with Crippen LogP contribution in [0.5, 0.6) is 11.5 Å². The highest BCUT2D eigenvalue weighted by atomic mass is 16.5. The smallest absolute Gasteiger partial charge is 0.223 e. The van der Waals surface area contributed by atoms with Crippen LogP contribution in [0.4, 0.5) is 0 Å². The number of rotatable bonds is 17. The Balaban J connectivity index is 1.57. The van der Waals surface area contributed by atoms with Crippen LogP contribution in [-0.2, 0) is 20.7 Å². The molecule has 0 aromatic heterocycles. The number of carbonyl (C=O) groups is 1. The van der Waals surface area contributed by atoms with Gasteiger partial charge < -0.3 is 35.1 Å². The molecule has 39 heavy (non-hydrogen) atoms. The molecule has 0 radical (unpaired) electrons. The number of hydrogen-bond donors (Lipinski definition) is 3. The Kier molecular flexibility index (Phi) is 12.4. The van der Waals surface area contributed by atoms with Gasteiger partial charge in [-0.25, -0.2) is 0 Å². The summed E-state index contributed by atoms with van der Waals surface area (Å²) in [5, 5.41) is 14.3. The van der Waals surface area contributed by atoms with Gasteiger partial charge in [-0.15, -0.1) is 0 Å². The van der Waals surface area contributed by atoms with Crippen LogP contribution in [0, 0.1) is 29.6 Å². The normalized spacial score (nSPS) is 23.6. The third-order valence-electron chi connectivity index (χ3n) is 8.52. The number of nitrogens with one attached hydrogen (secondary N) is 1. The van der Waals surface area contributed by atoms with Crippen molar-refractivity contribution in [1.29, 1.82) is 0 Å². The number of aliphatic hydroxyl groups excluding tert-OH is 1. The van der Waals surface area contributed by atoms with Gasteiger partial charge in [0.2, 0.25) is 5.91 Å². The molecule has 1 saturated carbocycles. The third-order valence-corrected chi connectivity index (χ3v) is 8.52. The third kappa shape index (κ3) is 9.07. The molecule has 1 aliphatic carbocycles. The van der Waals surface area contributed by atoms with Crippen LogP contribution < -0.4 is 20.5 Å². The summed E-state index contributed by atoms with van der Waals surface area (Å²) in [7, 11) is 3.33. The molecular formula is C31H52N2O6. The Morgan fingerprint density at radius 2 is 1.90 bits per heavy atom. The molecule has 2 aliphatic rings. The lowest BCUT2D eigenvalue weighted by atomic mass is 9.81. The summed E-state index contributed by atoms with van der Waals surface area (Å²) in [6, 6.07) is 5.76. The van der Waals surface area contributed by atoms with E-state index < -0.39 is 12.1 Å². The monoisotopic (exact) mass is 548 g/mol. The van der Waals surface area contributed by atoms with E-state index in [-0.39, 0.29) is 35.8 Å². The first-order valence-electron chi connectivity index (χ1n) is 14.8. The molecule has 222 valence electrons. The number of amides is 1. The first-order chi connectivity index (χ1) is 18.7. The standard InChI is InChI=1S/C31H52N2O6/c1-19(2)22(15-21-10-11-27(37-6)28(16-21)38-14-8-12-36-5)17-25(32)26(34)18-24(20(3)4)31(35)33-29-23-9-7-13-39-30(23)29/h10-11,16,19-20,22-26,29-30,34H,7-9,12-15,17-18,32H2,1-6H3,(H,33,35)/t22?,23?,24?,25-,26?,29?,30?/m0/s1. The van der Waals surface area contributed by atoms with Gasteiger partial charge in [-0.1, -0.05) is 33.8 Å². The predicted molar refractivity (Wildman–Crippen MR) is 153 cm³/mol. The number of benzene rings is 1. The fraction of sp³-hybridized carbons (Fsp3) is 0.774. The van der Waals surface area contributed by atoms with Gasteiger partial charge in [0.25, 0.3) is 0 Å². The molecule has 7 atom stereocenters. The topological polar surface area (TPSA) is 112 Å². The van der Waals surface area contributed by atoms with Gasteiger partial charge in [-0.2, -0.15) is 0 Å². The zero-order chi connectivity index (χ0) is 28.5. The van der Waals surface area contributed by atoms with Gasteiger partial charge in [0, 0.05) is 44.6 Å². The van der Waals surface area contributed by atoms with E-state index in [0.29, 0.717) is 43.6 Å². The molecule has 4 N–H and O–H groups in total. The van der Waals surface area contributed by atoms with Gasteiger partial charge in [-0.3, -0.25) is 4.79 Å². The SMILES string of the molecule is COCCCOc1cc(CC(C[C@H](N)C(O)CC(C(=O)NC2C3CCCOC32)C(C)C)C(C)C)ccc1OC. The van der Waals surface area contributed by atoms with Gasteiger partial charge >= 0.3 is 0 Å². The van der Waals surface area contributed by atoms with Crippen LogP contribution in [0.25, 0.3) is 0 Å². The molecule has 0 bridgehead atoms. The first-order valence-corrected chi connectivity index (χ1v) is 14.8. The largest absolute Gasteiger partial charge is 0.493 e. The number of aliphatic hydroxyl groups is 1. The Bertz CT molecular complexity index is 882. The van der Waals surface area contributed by atoms with Crippen molar-refractivity contribution in [2.24, 2.45) is 35.3 Å². The van der Waals surface area contributed by atoms with Crippen molar-refractivity contribution >= 4 is 5.91 Å². The van der Waals surface area contributed by atoms with Crippen molar-refractivity contribution in [3.05, 3.63) is 23.8 Å². The number of nitrogens with two attached hydrogens (primary N) is 1. The maximum absolute atomic E-state index is 13.2. The summed E-state index contributed by atoms with van der Waals surface area (Å²) in [6.45, 7) is 10.4. The minimum absolute atomic E-state index is 0.0101. The molecule has 8 heteroatoms. The zero-order valence-electron chi connectivity index (χ0n) is 24.9. The summed E-state index contributed by atoms with van der Waals surface area (Å²) < 4.78 is 22.4. The van der Waals surface area contributed by atoms with E-state index in [0.717, 1.165) is 43.6 Å². The molecule has 1 heterocycles. The summed E-state index contributed by atoms with van der Waals surface area (Å²) in [5.41, 5.74) is 7.72. The van der Waals surface area contributed by atoms with Crippen molar-refractivity contribution in [3.63, 3.8) is 0 Å². The number of ether oxygens (including phenoxy) is 4. The number of hydrogen-bond acceptors (Lipinski definition) is 7. The van der Waals surface area contributed by atoms with Crippen molar-refractivity contribution in [3.8, 4) is 11.5 Å². The van der Waals surface area contributed by atoms with Crippen LogP contribution >= 0.6 is 0 Å². The molecule has 0 spiro atoms. The fourth-order valence-electron chi connectivity index (χ4n) is 5.78. The molecule has 1 saturated heterocycles. The average Bonchev–Trinajstić information content (AvgIpc) is 3.61. The number of methoxy groups -OCH3 is 2. The first kappa shape index (κ1) is 31.7. The maximum Gasteiger partial charge on any atom is 0.223 e. The number of carbonyl (C=O) groups excluding carboxylic acids is 1. The van der Waals surface area contributed by atoms with Crippen molar-refractivity contribution in [2.45, 2.75) is 90.5 Å². The van der Waals surface area contributed by atoms with Crippen molar-refractivity contribution < 1.29 is 28.8 Å². The lowest BCUT2D eigenvalue weighted by Gasteiger charge is -2.30. The van der Waals surface area contributed by atoms with Gasteiger partial charge in [0.1, 0.15) is 0 Å². The second-order valence-electron chi connectivity index (χ2n) is 12.1. The quantitative estimate of drug-likeness (QED) is 0.253. The van der Waals surface area contributed by atoms with Crippen molar-refractivity contribution in [1.82, 2.24) is 5.32 Å². The average molecular weight is 549 g/mol. The Hall–Kier alpha value is -1.87. The minimum Gasteiger partial charge on any atom is -0.493 e. The Labute approximate surface area is 235 Å². The number of fused-ring (bicyclic) bond motifs is 1. The fourth-order valence-corrected chi connectivity index (χ4v) is 5.78. The van der Waals surface area contributed by atoms with Crippen LogP contribution in [0.15, 0.2) is 18.2 Å². The van der Waals surface area contributed by atoms with Crippen LogP contribution in [0.2, 0.25) is 0 Å². The Morgan fingerprint density at radius 3 is 2.51 bits per heavy atom. The minimum atomic E-state index is -0.752. The van der Waals surface area contributed by atoms with E-state index in [1.807, 2.05) is 26.0 Å². The van der Waals surface area contributed by atoms with E-state index in [9.17, 15) is 9.90 Å². The highest BCUT2D eigenvalue weighted by Crippen LogP contribution is 2.42. The lowest BCUT2D eigenvalue weighted by molar-refractivity contribution is -0.128. The predicted octanol–water partition coefficient (Wildman–Crippen LogP) is 3.96. The molecule has 1 aromatic carbocycles. The highest BCUT2D eigenvalue weighted by Gasteiger charge is 2.53. The van der Waals surface area contributed by atoms with Crippen LogP contribution in [0.1, 0.15) is 65.4 Å². The zero-order valence-corrected chi connectivity index (χ0v) is 24.9. The highest BCUT2D eigenvalue weighted by molar-refractivity contribution is 5.79.